The maximum Gasteiger partial charge on any atom is 0.315 e. The summed E-state index contributed by atoms with van der Waals surface area (Å²) < 4.78 is 5.24. The second-order valence-corrected chi connectivity index (χ2v) is 3.33. The first-order chi connectivity index (χ1) is 6.38. The van der Waals surface area contributed by atoms with Crippen LogP contribution in [-0.4, -0.2) is 16.2 Å². The Morgan fingerprint density at radius 2 is 2.15 bits per heavy atom. The Kier molecular flexibility index (Phi) is 2.44. The number of nitrogens with two attached hydrogens (primary N) is 1. The zero-order valence-electron chi connectivity index (χ0n) is 7.49. The molecule has 0 unspecified atom stereocenters. The average Bonchev–Trinajstić information content (AvgIpc) is 2.76. The molecule has 2 rings (SSSR count). The number of hydrogen-bond donors (Lipinski definition) is 2. The lowest BCUT2D eigenvalue weighted by Crippen LogP contribution is -2.14. The zero-order chi connectivity index (χ0) is 9.10. The molecular weight excluding hydrogens is 168 g/mol. The minimum absolute atomic E-state index is 0.305. The van der Waals surface area contributed by atoms with Gasteiger partial charge in [-0.15, -0.1) is 5.10 Å². The molecule has 0 amide bonds. The van der Waals surface area contributed by atoms with E-state index in [1.54, 1.807) is 0 Å². The fraction of sp³-hybridized carbons (Fsp3) is 0.750. The van der Waals surface area contributed by atoms with Crippen LogP contribution in [0.1, 0.15) is 31.6 Å². The van der Waals surface area contributed by atoms with Crippen LogP contribution in [0.3, 0.4) is 0 Å². The van der Waals surface area contributed by atoms with Gasteiger partial charge in [0.25, 0.3) is 0 Å². The van der Waals surface area contributed by atoms with Crippen molar-refractivity contribution in [3.05, 3.63) is 5.89 Å². The van der Waals surface area contributed by atoms with Crippen LogP contribution >= 0.6 is 0 Å². The highest BCUT2D eigenvalue weighted by molar-refractivity contribution is 5.19. The first kappa shape index (κ1) is 8.50. The third-order valence-electron chi connectivity index (χ3n) is 2.32. The van der Waals surface area contributed by atoms with Crippen molar-refractivity contribution in [1.82, 2.24) is 10.2 Å². The van der Waals surface area contributed by atoms with Crippen molar-refractivity contribution in [2.45, 2.75) is 38.3 Å². The summed E-state index contributed by atoms with van der Waals surface area (Å²) in [7, 11) is 0. The van der Waals surface area contributed by atoms with E-state index < -0.39 is 0 Å². The molecule has 0 aliphatic heterocycles. The molecule has 13 heavy (non-hydrogen) atoms. The predicted molar refractivity (Wildman–Crippen MR) is 48.1 cm³/mol. The summed E-state index contributed by atoms with van der Waals surface area (Å²) in [6.45, 7) is 0.305. The number of nitrogens with one attached hydrogen (secondary N) is 1. The van der Waals surface area contributed by atoms with Gasteiger partial charge in [-0.05, 0) is 12.8 Å². The monoisotopic (exact) mass is 182 g/mol. The summed E-state index contributed by atoms with van der Waals surface area (Å²) >= 11 is 0. The van der Waals surface area contributed by atoms with Crippen LogP contribution in [-0.2, 0) is 6.54 Å². The van der Waals surface area contributed by atoms with Gasteiger partial charge in [-0.2, -0.15) is 0 Å². The van der Waals surface area contributed by atoms with Crippen molar-refractivity contribution in [2.24, 2.45) is 5.73 Å². The summed E-state index contributed by atoms with van der Waals surface area (Å²) in [5.41, 5.74) is 5.35. The van der Waals surface area contributed by atoms with Crippen LogP contribution < -0.4 is 11.1 Å². The van der Waals surface area contributed by atoms with Gasteiger partial charge in [0.05, 0.1) is 6.54 Å². The lowest BCUT2D eigenvalue weighted by Gasteiger charge is -2.07. The van der Waals surface area contributed by atoms with Gasteiger partial charge in [-0.1, -0.05) is 17.9 Å². The molecule has 0 saturated heterocycles. The zero-order valence-corrected chi connectivity index (χ0v) is 7.49. The van der Waals surface area contributed by atoms with Gasteiger partial charge < -0.3 is 15.5 Å². The lowest BCUT2D eigenvalue weighted by atomic mass is 10.3. The Labute approximate surface area is 76.7 Å². The molecule has 0 aromatic carbocycles. The Morgan fingerprint density at radius 3 is 2.77 bits per heavy atom. The Hall–Kier alpha value is -1.10. The molecule has 1 aliphatic rings. The fourth-order valence-electron chi connectivity index (χ4n) is 1.64. The van der Waals surface area contributed by atoms with Crippen LogP contribution in [0.25, 0.3) is 0 Å². The first-order valence-electron chi connectivity index (χ1n) is 4.67. The van der Waals surface area contributed by atoms with Crippen molar-refractivity contribution in [3.63, 3.8) is 0 Å². The Morgan fingerprint density at radius 1 is 1.38 bits per heavy atom. The van der Waals surface area contributed by atoms with Crippen LogP contribution in [0.4, 0.5) is 6.01 Å². The summed E-state index contributed by atoms with van der Waals surface area (Å²) in [6, 6.07) is 1.01. The second kappa shape index (κ2) is 3.74. The molecule has 3 N–H and O–H groups in total. The van der Waals surface area contributed by atoms with E-state index >= 15 is 0 Å². The van der Waals surface area contributed by atoms with E-state index in [1.807, 2.05) is 0 Å². The van der Waals surface area contributed by atoms with Crippen LogP contribution in [0.5, 0.6) is 0 Å². The second-order valence-electron chi connectivity index (χ2n) is 3.33. The summed E-state index contributed by atoms with van der Waals surface area (Å²) in [5, 5.41) is 10.8. The van der Waals surface area contributed by atoms with E-state index in [1.165, 1.54) is 25.7 Å². The first-order valence-corrected chi connectivity index (χ1v) is 4.67. The SMILES string of the molecule is NCc1nnc(NC2CCCC2)o1. The van der Waals surface area contributed by atoms with Gasteiger partial charge in [0.2, 0.25) is 5.89 Å². The molecule has 0 bridgehead atoms. The molecule has 1 heterocycles. The van der Waals surface area contributed by atoms with E-state index in [4.69, 9.17) is 10.2 Å². The highest BCUT2D eigenvalue weighted by Gasteiger charge is 2.16. The molecule has 5 nitrogen and oxygen atoms in total. The molecule has 1 saturated carbocycles. The highest BCUT2D eigenvalue weighted by atomic mass is 16.4. The Balaban J connectivity index is 1.92. The number of rotatable bonds is 3. The fourth-order valence-corrected chi connectivity index (χ4v) is 1.64. The smallest absolute Gasteiger partial charge is 0.315 e. The molecule has 72 valence electrons. The predicted octanol–water partition coefficient (Wildman–Crippen LogP) is 0.883. The number of nitrogens with zero attached hydrogens (tertiary/aromatic N) is 2. The number of anilines is 1. The van der Waals surface area contributed by atoms with Crippen LogP contribution in [0.15, 0.2) is 4.42 Å². The number of aromatic nitrogens is 2. The van der Waals surface area contributed by atoms with E-state index in [9.17, 15) is 0 Å². The minimum atomic E-state index is 0.305. The maximum absolute atomic E-state index is 5.35. The largest absolute Gasteiger partial charge is 0.407 e. The molecular formula is C8H14N4O. The van der Waals surface area contributed by atoms with Crippen LogP contribution in [0.2, 0.25) is 0 Å². The molecule has 0 spiro atoms. The number of hydrogen-bond acceptors (Lipinski definition) is 5. The van der Waals surface area contributed by atoms with Crippen molar-refractivity contribution in [2.75, 3.05) is 5.32 Å². The van der Waals surface area contributed by atoms with Gasteiger partial charge >= 0.3 is 6.01 Å². The summed E-state index contributed by atoms with van der Waals surface area (Å²) in [4.78, 5) is 0. The van der Waals surface area contributed by atoms with Crippen LogP contribution in [0, 0.1) is 0 Å². The highest BCUT2D eigenvalue weighted by Crippen LogP contribution is 2.21. The standard InChI is InChI=1S/C8H14N4O/c9-5-7-11-12-8(13-7)10-6-3-1-2-4-6/h6H,1-5,9H2,(H,10,12). The normalized spacial score (nSPS) is 17.9. The molecule has 1 aliphatic carbocycles. The van der Waals surface area contributed by atoms with E-state index in [-0.39, 0.29) is 0 Å². The van der Waals surface area contributed by atoms with E-state index in [2.05, 4.69) is 15.5 Å². The molecule has 0 atom stereocenters. The van der Waals surface area contributed by atoms with E-state index in [0.29, 0.717) is 24.5 Å². The molecule has 1 aromatic heterocycles. The van der Waals surface area contributed by atoms with Crippen molar-refractivity contribution >= 4 is 6.01 Å². The summed E-state index contributed by atoms with van der Waals surface area (Å²) in [6.07, 6.45) is 4.96. The van der Waals surface area contributed by atoms with Gasteiger partial charge in [-0.25, -0.2) is 0 Å². The third-order valence-corrected chi connectivity index (χ3v) is 2.32. The van der Waals surface area contributed by atoms with Crippen molar-refractivity contribution in [3.8, 4) is 0 Å². The maximum atomic E-state index is 5.35. The lowest BCUT2D eigenvalue weighted by molar-refractivity contribution is 0.500. The topological polar surface area (TPSA) is 77.0 Å². The third kappa shape index (κ3) is 1.98. The summed E-state index contributed by atoms with van der Waals surface area (Å²) in [5.74, 6) is 0.487. The Bertz CT molecular complexity index is 267. The molecule has 0 radical (unpaired) electrons. The van der Waals surface area contributed by atoms with Crippen molar-refractivity contribution in [1.29, 1.82) is 0 Å². The average molecular weight is 182 g/mol. The molecule has 1 fully saturated rings. The minimum Gasteiger partial charge on any atom is -0.407 e. The molecule has 5 heteroatoms. The van der Waals surface area contributed by atoms with Gasteiger partial charge in [-0.3, -0.25) is 0 Å². The van der Waals surface area contributed by atoms with Crippen molar-refractivity contribution < 1.29 is 4.42 Å². The van der Waals surface area contributed by atoms with Gasteiger partial charge in [0, 0.05) is 6.04 Å². The quantitative estimate of drug-likeness (QED) is 0.725. The molecule has 1 aromatic rings. The van der Waals surface area contributed by atoms with E-state index in [0.717, 1.165) is 0 Å². The van der Waals surface area contributed by atoms with Gasteiger partial charge in [0.15, 0.2) is 0 Å². The van der Waals surface area contributed by atoms with Gasteiger partial charge in [0.1, 0.15) is 0 Å².